The highest BCUT2D eigenvalue weighted by Crippen LogP contribution is 2.34. The van der Waals surface area contributed by atoms with Crippen molar-refractivity contribution in [3.63, 3.8) is 0 Å². The third-order valence-electron chi connectivity index (χ3n) is 3.34. The number of nitrogens with one attached hydrogen (secondary N) is 1. The fraction of sp³-hybridized carbons (Fsp3) is 0.545. The van der Waals surface area contributed by atoms with Gasteiger partial charge in [-0.05, 0) is 47.2 Å². The molecule has 15 heavy (non-hydrogen) atoms. The zero-order valence-corrected chi connectivity index (χ0v) is 10.1. The minimum atomic E-state index is 0.0718. The predicted molar refractivity (Wildman–Crippen MR) is 61.1 cm³/mol. The van der Waals surface area contributed by atoms with Gasteiger partial charge in [-0.3, -0.25) is 4.79 Å². The third kappa shape index (κ3) is 1.27. The van der Waals surface area contributed by atoms with Gasteiger partial charge >= 0.3 is 0 Å². The van der Waals surface area contributed by atoms with Crippen LogP contribution in [0.4, 0.5) is 0 Å². The van der Waals surface area contributed by atoms with E-state index >= 15 is 0 Å². The van der Waals surface area contributed by atoms with E-state index in [-0.39, 0.29) is 5.91 Å². The van der Waals surface area contributed by atoms with Crippen molar-refractivity contribution in [2.24, 2.45) is 0 Å². The molecule has 2 heterocycles. The summed E-state index contributed by atoms with van der Waals surface area (Å²) in [5.74, 6) is 0.0718. The van der Waals surface area contributed by atoms with Crippen molar-refractivity contribution in [3.05, 3.63) is 21.4 Å². The van der Waals surface area contributed by atoms with E-state index < -0.39 is 0 Å². The van der Waals surface area contributed by atoms with E-state index in [2.05, 4.69) is 25.8 Å². The summed E-state index contributed by atoms with van der Waals surface area (Å²) in [5.41, 5.74) is 3.60. The number of hydrogen-bond acceptors (Lipinski definition) is 1. The molecule has 0 bridgehead atoms. The zero-order valence-electron chi connectivity index (χ0n) is 8.48. The molecule has 0 fully saturated rings. The Morgan fingerprint density at radius 1 is 1.27 bits per heavy atom. The Labute approximate surface area is 97.0 Å². The first-order valence-electron chi connectivity index (χ1n) is 5.47. The van der Waals surface area contributed by atoms with E-state index in [9.17, 15) is 4.79 Å². The number of fused-ring (bicyclic) bond motifs is 3. The molecule has 80 valence electrons. The van der Waals surface area contributed by atoms with Gasteiger partial charge in [-0.1, -0.05) is 0 Å². The molecule has 0 saturated carbocycles. The summed E-state index contributed by atoms with van der Waals surface area (Å²) in [6, 6.07) is 0. The molecule has 3 nitrogen and oxygen atoms in total. The summed E-state index contributed by atoms with van der Waals surface area (Å²) in [5, 5.41) is 2.90. The van der Waals surface area contributed by atoms with Crippen molar-refractivity contribution in [2.45, 2.75) is 32.2 Å². The lowest BCUT2D eigenvalue weighted by molar-refractivity contribution is 0.0926. The first-order chi connectivity index (χ1) is 7.29. The zero-order chi connectivity index (χ0) is 10.4. The van der Waals surface area contributed by atoms with Crippen LogP contribution in [0.25, 0.3) is 0 Å². The smallest absolute Gasteiger partial charge is 0.269 e. The molecule has 0 spiro atoms. The van der Waals surface area contributed by atoms with Crippen LogP contribution < -0.4 is 5.32 Å². The van der Waals surface area contributed by atoms with Gasteiger partial charge in [-0.2, -0.15) is 0 Å². The summed E-state index contributed by atoms with van der Waals surface area (Å²) in [6.45, 7) is 1.69. The van der Waals surface area contributed by atoms with E-state index in [1.54, 1.807) is 0 Å². The van der Waals surface area contributed by atoms with Gasteiger partial charge in [0.1, 0.15) is 5.69 Å². The van der Waals surface area contributed by atoms with Gasteiger partial charge in [-0.15, -0.1) is 0 Å². The minimum Gasteiger partial charge on any atom is -0.349 e. The highest BCUT2D eigenvalue weighted by Gasteiger charge is 2.28. The maximum Gasteiger partial charge on any atom is 0.269 e. The third-order valence-corrected chi connectivity index (χ3v) is 4.20. The van der Waals surface area contributed by atoms with Gasteiger partial charge in [0.05, 0.1) is 4.47 Å². The Balaban J connectivity index is 2.23. The Morgan fingerprint density at radius 3 is 2.93 bits per heavy atom. The van der Waals surface area contributed by atoms with Crippen LogP contribution in [-0.2, 0) is 19.4 Å². The lowest BCUT2D eigenvalue weighted by Crippen LogP contribution is -2.35. The molecule has 1 N–H and O–H groups in total. The van der Waals surface area contributed by atoms with E-state index in [4.69, 9.17) is 0 Å². The second kappa shape index (κ2) is 3.37. The van der Waals surface area contributed by atoms with Gasteiger partial charge in [0.2, 0.25) is 0 Å². The second-order valence-electron chi connectivity index (χ2n) is 4.20. The summed E-state index contributed by atoms with van der Waals surface area (Å²) >= 11 is 3.58. The fourth-order valence-electron chi connectivity index (χ4n) is 2.65. The predicted octanol–water partition coefficient (Wildman–Crippen LogP) is 1.87. The quantitative estimate of drug-likeness (QED) is 0.766. The topological polar surface area (TPSA) is 34.0 Å². The molecule has 1 aromatic rings. The van der Waals surface area contributed by atoms with E-state index in [0.29, 0.717) is 0 Å². The lowest BCUT2D eigenvalue weighted by atomic mass is 9.98. The number of halogens is 1. The van der Waals surface area contributed by atoms with E-state index in [1.807, 2.05) is 0 Å². The molecule has 1 amide bonds. The molecule has 0 atom stereocenters. The van der Waals surface area contributed by atoms with Gasteiger partial charge in [-0.25, -0.2) is 0 Å². The molecule has 0 saturated heterocycles. The van der Waals surface area contributed by atoms with Crippen LogP contribution in [-0.4, -0.2) is 17.0 Å². The molecule has 2 aliphatic rings. The first kappa shape index (κ1) is 9.46. The molecule has 1 aromatic heterocycles. The summed E-state index contributed by atoms with van der Waals surface area (Å²) < 4.78 is 3.24. The van der Waals surface area contributed by atoms with Crippen molar-refractivity contribution in [3.8, 4) is 0 Å². The Kier molecular flexibility index (Phi) is 2.12. The van der Waals surface area contributed by atoms with Crippen molar-refractivity contribution >= 4 is 21.8 Å². The molecular formula is C11H13BrN2O. The number of amides is 1. The summed E-state index contributed by atoms with van der Waals surface area (Å²) in [6.07, 6.45) is 4.74. The van der Waals surface area contributed by atoms with Crippen molar-refractivity contribution < 1.29 is 4.79 Å². The molecule has 3 rings (SSSR count). The monoisotopic (exact) mass is 268 g/mol. The lowest BCUT2D eigenvalue weighted by Gasteiger charge is -2.20. The van der Waals surface area contributed by atoms with Gasteiger partial charge in [0.15, 0.2) is 0 Å². The summed E-state index contributed by atoms with van der Waals surface area (Å²) in [7, 11) is 0. The van der Waals surface area contributed by atoms with Crippen LogP contribution in [0.3, 0.4) is 0 Å². The SMILES string of the molecule is O=C1NCCn2c3c(c(Br)c21)CCCC3. The highest BCUT2D eigenvalue weighted by atomic mass is 79.9. The van der Waals surface area contributed by atoms with Crippen LogP contribution in [0.5, 0.6) is 0 Å². The molecule has 4 heteroatoms. The van der Waals surface area contributed by atoms with Gasteiger partial charge in [0.25, 0.3) is 5.91 Å². The van der Waals surface area contributed by atoms with Crippen LogP contribution in [0.15, 0.2) is 4.47 Å². The maximum atomic E-state index is 11.8. The van der Waals surface area contributed by atoms with E-state index in [0.717, 1.165) is 36.1 Å². The van der Waals surface area contributed by atoms with Gasteiger partial charge < -0.3 is 9.88 Å². The fourth-order valence-corrected chi connectivity index (χ4v) is 3.48. The normalized spacial score (nSPS) is 19.4. The number of rotatable bonds is 0. The highest BCUT2D eigenvalue weighted by molar-refractivity contribution is 9.10. The standard InChI is InChI=1S/C11H13BrN2O/c12-9-7-3-1-2-4-8(7)14-6-5-13-11(15)10(9)14/h1-6H2,(H,13,15). The van der Waals surface area contributed by atoms with Crippen LogP contribution in [0, 0.1) is 0 Å². The minimum absolute atomic E-state index is 0.0718. The molecule has 1 aliphatic carbocycles. The van der Waals surface area contributed by atoms with Crippen molar-refractivity contribution in [1.82, 2.24) is 9.88 Å². The second-order valence-corrected chi connectivity index (χ2v) is 5.00. The van der Waals surface area contributed by atoms with Crippen molar-refractivity contribution in [1.29, 1.82) is 0 Å². The Hall–Kier alpha value is -0.770. The maximum absolute atomic E-state index is 11.8. The van der Waals surface area contributed by atoms with Gasteiger partial charge in [0, 0.05) is 18.8 Å². The Bertz CT molecular complexity index is 436. The number of carbonyl (C=O) groups excluding carboxylic acids is 1. The average molecular weight is 269 g/mol. The largest absolute Gasteiger partial charge is 0.349 e. The summed E-state index contributed by atoms with van der Waals surface area (Å²) in [4.78, 5) is 11.8. The number of hydrogen-bond donors (Lipinski definition) is 1. The van der Waals surface area contributed by atoms with Crippen LogP contribution >= 0.6 is 15.9 Å². The molecular weight excluding hydrogens is 256 g/mol. The first-order valence-corrected chi connectivity index (χ1v) is 6.26. The molecule has 0 aromatic carbocycles. The number of carbonyl (C=O) groups is 1. The Morgan fingerprint density at radius 2 is 2.07 bits per heavy atom. The number of aromatic nitrogens is 1. The molecule has 0 radical (unpaired) electrons. The van der Waals surface area contributed by atoms with Crippen molar-refractivity contribution in [2.75, 3.05) is 6.54 Å². The van der Waals surface area contributed by atoms with Crippen LogP contribution in [0.2, 0.25) is 0 Å². The average Bonchev–Trinajstić information content (AvgIpc) is 2.55. The van der Waals surface area contributed by atoms with Crippen LogP contribution in [0.1, 0.15) is 34.6 Å². The van der Waals surface area contributed by atoms with E-state index in [1.165, 1.54) is 24.1 Å². The number of nitrogens with zero attached hydrogens (tertiary/aromatic N) is 1. The molecule has 1 aliphatic heterocycles. The molecule has 0 unspecified atom stereocenters.